The highest BCUT2D eigenvalue weighted by atomic mass is 19.1. The Balaban J connectivity index is 1.57. The van der Waals surface area contributed by atoms with E-state index in [-0.39, 0.29) is 31.1 Å². The number of para-hydroxylation sites is 1. The average molecular weight is 344 g/mol. The van der Waals surface area contributed by atoms with Gasteiger partial charge >= 0.3 is 6.03 Å². The van der Waals surface area contributed by atoms with Gasteiger partial charge in [0.05, 0.1) is 12.6 Å². The van der Waals surface area contributed by atoms with Gasteiger partial charge in [-0.3, -0.25) is 0 Å². The van der Waals surface area contributed by atoms with Crippen molar-refractivity contribution in [2.45, 2.75) is 25.4 Å². The van der Waals surface area contributed by atoms with E-state index in [0.717, 1.165) is 11.1 Å². The Morgan fingerprint density at radius 3 is 2.92 bits per heavy atom. The van der Waals surface area contributed by atoms with Gasteiger partial charge in [0.25, 0.3) is 0 Å². The topological polar surface area (TPSA) is 70.6 Å². The zero-order valence-corrected chi connectivity index (χ0v) is 13.8. The molecule has 0 aliphatic heterocycles. The van der Waals surface area contributed by atoms with E-state index in [0.29, 0.717) is 30.7 Å². The molecule has 0 saturated heterocycles. The largest absolute Gasteiger partial charge is 0.491 e. The van der Waals surface area contributed by atoms with Gasteiger partial charge in [-0.15, -0.1) is 0 Å². The fourth-order valence-electron chi connectivity index (χ4n) is 3.09. The molecule has 0 saturated carbocycles. The lowest BCUT2D eigenvalue weighted by molar-refractivity contribution is 0.200. The second kappa shape index (κ2) is 7.98. The fraction of sp³-hybridized carbons (Fsp3) is 0.316. The molecule has 2 aromatic rings. The van der Waals surface area contributed by atoms with Crippen molar-refractivity contribution < 1.29 is 19.0 Å². The molecule has 132 valence electrons. The number of nitrogens with one attached hydrogen (secondary N) is 2. The standard InChI is InChI=1S/C19H21FN2O3/c20-16-6-3-5-15-14(16)8-9-17(15)22-19(24)21-12-13-4-1-2-7-18(13)25-11-10-23/h1-7,17,23H,8-12H2,(H2,21,22,24). The number of benzene rings is 2. The number of urea groups is 1. The van der Waals surface area contributed by atoms with E-state index < -0.39 is 0 Å². The summed E-state index contributed by atoms with van der Waals surface area (Å²) < 4.78 is 19.2. The van der Waals surface area contributed by atoms with Gasteiger partial charge in [0.2, 0.25) is 0 Å². The van der Waals surface area contributed by atoms with E-state index >= 15 is 0 Å². The molecule has 0 bridgehead atoms. The van der Waals surface area contributed by atoms with Crippen molar-refractivity contribution in [2.75, 3.05) is 13.2 Å². The molecular formula is C19H21FN2O3. The van der Waals surface area contributed by atoms with Crippen LogP contribution in [0.1, 0.15) is 29.2 Å². The Bertz CT molecular complexity index is 751. The summed E-state index contributed by atoms with van der Waals surface area (Å²) in [6.45, 7) is 0.434. The van der Waals surface area contributed by atoms with Crippen LogP contribution in [0.4, 0.5) is 9.18 Å². The van der Waals surface area contributed by atoms with E-state index in [2.05, 4.69) is 10.6 Å². The Labute approximate surface area is 145 Å². The number of fused-ring (bicyclic) bond motifs is 1. The highest BCUT2D eigenvalue weighted by Gasteiger charge is 2.25. The number of amides is 2. The number of ether oxygens (including phenoxy) is 1. The van der Waals surface area contributed by atoms with Crippen molar-refractivity contribution in [1.82, 2.24) is 10.6 Å². The van der Waals surface area contributed by atoms with Crippen molar-refractivity contribution in [2.24, 2.45) is 0 Å². The number of halogens is 1. The molecule has 0 fully saturated rings. The van der Waals surface area contributed by atoms with Crippen LogP contribution in [0, 0.1) is 5.82 Å². The summed E-state index contributed by atoms with van der Waals surface area (Å²) in [5.41, 5.74) is 2.36. The van der Waals surface area contributed by atoms with Gasteiger partial charge in [-0.1, -0.05) is 30.3 Å². The van der Waals surface area contributed by atoms with Crippen LogP contribution < -0.4 is 15.4 Å². The van der Waals surface area contributed by atoms with Gasteiger partial charge in [0.1, 0.15) is 18.2 Å². The molecule has 2 aromatic carbocycles. The summed E-state index contributed by atoms with van der Waals surface area (Å²) in [6, 6.07) is 11.8. The molecule has 0 heterocycles. The van der Waals surface area contributed by atoms with Crippen molar-refractivity contribution in [1.29, 1.82) is 0 Å². The summed E-state index contributed by atoms with van der Waals surface area (Å²) in [5, 5.41) is 14.6. The van der Waals surface area contributed by atoms with Crippen molar-refractivity contribution in [3.63, 3.8) is 0 Å². The van der Waals surface area contributed by atoms with Crippen LogP contribution in [-0.4, -0.2) is 24.4 Å². The minimum atomic E-state index is -0.306. The summed E-state index contributed by atoms with van der Waals surface area (Å²) in [6.07, 6.45) is 1.32. The van der Waals surface area contributed by atoms with Gasteiger partial charge in [0.15, 0.2) is 0 Å². The minimum absolute atomic E-state index is 0.0695. The second-order valence-electron chi connectivity index (χ2n) is 5.91. The zero-order chi connectivity index (χ0) is 17.6. The summed E-state index contributed by atoms with van der Waals surface area (Å²) in [5.74, 6) is 0.419. The molecule has 1 atom stereocenters. The molecule has 1 aliphatic rings. The molecule has 0 spiro atoms. The summed E-state index contributed by atoms with van der Waals surface area (Å²) >= 11 is 0. The van der Waals surface area contributed by atoms with Crippen LogP contribution >= 0.6 is 0 Å². The highest BCUT2D eigenvalue weighted by molar-refractivity contribution is 5.74. The van der Waals surface area contributed by atoms with Crippen LogP contribution in [0.5, 0.6) is 5.75 Å². The van der Waals surface area contributed by atoms with E-state index in [1.165, 1.54) is 6.07 Å². The van der Waals surface area contributed by atoms with Gasteiger partial charge in [-0.2, -0.15) is 0 Å². The molecule has 1 unspecified atom stereocenters. The maximum atomic E-state index is 13.8. The molecule has 3 rings (SSSR count). The molecular weight excluding hydrogens is 323 g/mol. The third-order valence-electron chi connectivity index (χ3n) is 4.28. The minimum Gasteiger partial charge on any atom is -0.491 e. The predicted molar refractivity (Wildman–Crippen MR) is 91.9 cm³/mol. The monoisotopic (exact) mass is 344 g/mol. The Morgan fingerprint density at radius 1 is 1.24 bits per heavy atom. The Kier molecular flexibility index (Phi) is 5.50. The molecule has 3 N–H and O–H groups in total. The lowest BCUT2D eigenvalue weighted by atomic mass is 10.1. The molecule has 0 radical (unpaired) electrons. The Hall–Kier alpha value is -2.60. The molecule has 6 heteroatoms. The zero-order valence-electron chi connectivity index (χ0n) is 13.8. The van der Waals surface area contributed by atoms with Gasteiger partial charge in [-0.25, -0.2) is 9.18 Å². The van der Waals surface area contributed by atoms with E-state index in [9.17, 15) is 9.18 Å². The molecule has 1 aliphatic carbocycles. The van der Waals surface area contributed by atoms with Gasteiger partial charge < -0.3 is 20.5 Å². The third-order valence-corrected chi connectivity index (χ3v) is 4.28. The summed E-state index contributed by atoms with van der Waals surface area (Å²) in [4.78, 5) is 12.2. The number of aliphatic hydroxyl groups excluding tert-OH is 1. The first-order valence-corrected chi connectivity index (χ1v) is 8.32. The smallest absolute Gasteiger partial charge is 0.315 e. The second-order valence-corrected chi connectivity index (χ2v) is 5.91. The van der Waals surface area contributed by atoms with Crippen LogP contribution in [0.2, 0.25) is 0 Å². The lowest BCUT2D eigenvalue weighted by Gasteiger charge is -2.16. The molecule has 5 nitrogen and oxygen atoms in total. The first-order chi connectivity index (χ1) is 12.2. The summed E-state index contributed by atoms with van der Waals surface area (Å²) in [7, 11) is 0. The number of hydrogen-bond donors (Lipinski definition) is 3. The molecule has 0 aromatic heterocycles. The normalized spacial score (nSPS) is 15.5. The van der Waals surface area contributed by atoms with E-state index in [1.54, 1.807) is 12.1 Å². The van der Waals surface area contributed by atoms with Crippen molar-refractivity contribution in [3.8, 4) is 5.75 Å². The third kappa shape index (κ3) is 4.09. The van der Waals surface area contributed by atoms with Gasteiger partial charge in [0, 0.05) is 12.1 Å². The first kappa shape index (κ1) is 17.2. The SMILES string of the molecule is O=C(NCc1ccccc1OCCO)NC1CCc2c(F)cccc21. The van der Waals surface area contributed by atoms with Crippen molar-refractivity contribution in [3.05, 3.63) is 65.0 Å². The Morgan fingerprint density at radius 2 is 2.08 bits per heavy atom. The number of carbonyl (C=O) groups excluding carboxylic acids is 1. The maximum absolute atomic E-state index is 13.8. The number of rotatable bonds is 6. The average Bonchev–Trinajstić information content (AvgIpc) is 3.03. The molecule has 25 heavy (non-hydrogen) atoms. The van der Waals surface area contributed by atoms with Gasteiger partial charge in [-0.05, 0) is 36.1 Å². The van der Waals surface area contributed by atoms with Crippen LogP contribution in [0.3, 0.4) is 0 Å². The van der Waals surface area contributed by atoms with Crippen LogP contribution in [-0.2, 0) is 13.0 Å². The lowest BCUT2D eigenvalue weighted by Crippen LogP contribution is -2.37. The van der Waals surface area contributed by atoms with Crippen molar-refractivity contribution >= 4 is 6.03 Å². The number of carbonyl (C=O) groups is 1. The van der Waals surface area contributed by atoms with E-state index in [4.69, 9.17) is 9.84 Å². The van der Waals surface area contributed by atoms with Crippen LogP contribution in [0.15, 0.2) is 42.5 Å². The first-order valence-electron chi connectivity index (χ1n) is 8.32. The number of hydrogen-bond acceptors (Lipinski definition) is 3. The fourth-order valence-corrected chi connectivity index (χ4v) is 3.09. The number of aliphatic hydroxyl groups is 1. The van der Waals surface area contributed by atoms with Crippen LogP contribution in [0.25, 0.3) is 0 Å². The maximum Gasteiger partial charge on any atom is 0.315 e. The molecule has 2 amide bonds. The predicted octanol–water partition coefficient (Wildman–Crippen LogP) is 2.68. The highest BCUT2D eigenvalue weighted by Crippen LogP contribution is 2.32. The quantitative estimate of drug-likeness (QED) is 0.754. The van der Waals surface area contributed by atoms with E-state index in [1.807, 2.05) is 24.3 Å².